The summed E-state index contributed by atoms with van der Waals surface area (Å²) in [5.74, 6) is 0.630. The second kappa shape index (κ2) is 6.57. The molecule has 0 saturated heterocycles. The smallest absolute Gasteiger partial charge is 0.273 e. The monoisotopic (exact) mass is 341 g/mol. The Balaban J connectivity index is 2.09. The number of rotatable bonds is 5. The summed E-state index contributed by atoms with van der Waals surface area (Å²) in [4.78, 5) is 10.5. The van der Waals surface area contributed by atoms with Crippen LogP contribution in [0.25, 0.3) is 0 Å². The number of benzene rings is 1. The number of nitrogens with zero attached hydrogens (tertiary/aromatic N) is 1. The third-order valence-corrected chi connectivity index (χ3v) is 5.30. The van der Waals surface area contributed by atoms with Crippen LogP contribution in [0.5, 0.6) is 5.75 Å². The zero-order valence-electron chi connectivity index (χ0n) is 11.7. The largest absolute Gasteiger partial charge is 0.492 e. The van der Waals surface area contributed by atoms with E-state index in [0.29, 0.717) is 12.4 Å². The predicted molar refractivity (Wildman–Crippen MR) is 82.6 cm³/mol. The van der Waals surface area contributed by atoms with Crippen LogP contribution in [0.4, 0.5) is 5.69 Å². The molecule has 0 aromatic heterocycles. The Hall–Kier alpha value is -1.10. The number of halogens is 1. The van der Waals surface area contributed by atoms with E-state index in [-0.39, 0.29) is 16.0 Å². The minimum Gasteiger partial charge on any atom is -0.492 e. The lowest BCUT2D eigenvalue weighted by molar-refractivity contribution is -0.385. The maximum absolute atomic E-state index is 10.8. The van der Waals surface area contributed by atoms with E-state index in [1.165, 1.54) is 31.4 Å². The number of alkyl halides is 1. The summed E-state index contributed by atoms with van der Waals surface area (Å²) in [6.45, 7) is 2.54. The molecule has 4 nitrogen and oxygen atoms in total. The molecule has 1 aliphatic carbocycles. The minimum absolute atomic E-state index is 0.0853. The van der Waals surface area contributed by atoms with E-state index < -0.39 is 0 Å². The molecular weight excluding hydrogens is 322 g/mol. The Morgan fingerprint density at radius 3 is 2.65 bits per heavy atom. The van der Waals surface area contributed by atoms with Crippen LogP contribution in [0.3, 0.4) is 0 Å². The first-order valence-corrected chi connectivity index (χ1v) is 8.12. The fourth-order valence-electron chi connectivity index (χ4n) is 2.71. The standard InChI is InChI=1S/C15H20BrNO3/c1-12-5-6-13(17(18)19)9-14(12)20-11-15(10-16)7-3-2-4-8-15/h5-6,9H,2-4,7-8,10-11H2,1H3. The maximum Gasteiger partial charge on any atom is 0.273 e. The molecule has 0 heterocycles. The minimum atomic E-state index is -0.382. The summed E-state index contributed by atoms with van der Waals surface area (Å²) < 4.78 is 5.93. The van der Waals surface area contributed by atoms with Crippen molar-refractivity contribution in [2.75, 3.05) is 11.9 Å². The van der Waals surface area contributed by atoms with Crippen LogP contribution < -0.4 is 4.74 Å². The third kappa shape index (κ3) is 3.51. The van der Waals surface area contributed by atoms with Crippen molar-refractivity contribution in [1.82, 2.24) is 0 Å². The van der Waals surface area contributed by atoms with Crippen LogP contribution >= 0.6 is 15.9 Å². The average molecular weight is 342 g/mol. The molecule has 110 valence electrons. The highest BCUT2D eigenvalue weighted by Crippen LogP contribution is 2.38. The molecule has 20 heavy (non-hydrogen) atoms. The van der Waals surface area contributed by atoms with Crippen molar-refractivity contribution >= 4 is 21.6 Å². The first-order chi connectivity index (χ1) is 9.56. The first-order valence-electron chi connectivity index (χ1n) is 7.00. The number of nitro groups is 1. The number of hydrogen-bond donors (Lipinski definition) is 0. The van der Waals surface area contributed by atoms with E-state index in [9.17, 15) is 10.1 Å². The molecule has 5 heteroatoms. The highest BCUT2D eigenvalue weighted by Gasteiger charge is 2.32. The molecule has 1 aromatic carbocycles. The van der Waals surface area contributed by atoms with Crippen molar-refractivity contribution in [3.63, 3.8) is 0 Å². The van der Waals surface area contributed by atoms with Crippen molar-refractivity contribution in [1.29, 1.82) is 0 Å². The zero-order valence-corrected chi connectivity index (χ0v) is 13.3. The summed E-state index contributed by atoms with van der Waals surface area (Å²) in [5, 5.41) is 11.8. The Morgan fingerprint density at radius 2 is 2.05 bits per heavy atom. The molecule has 0 amide bonds. The molecule has 0 unspecified atom stereocenters. The van der Waals surface area contributed by atoms with Gasteiger partial charge in [-0.1, -0.05) is 35.2 Å². The van der Waals surface area contributed by atoms with E-state index in [1.54, 1.807) is 6.07 Å². The second-order valence-corrected chi connectivity index (χ2v) is 6.25. The van der Waals surface area contributed by atoms with Crippen molar-refractivity contribution < 1.29 is 9.66 Å². The van der Waals surface area contributed by atoms with Crippen LogP contribution in [0.15, 0.2) is 18.2 Å². The topological polar surface area (TPSA) is 52.4 Å². The van der Waals surface area contributed by atoms with Gasteiger partial charge < -0.3 is 4.74 Å². The fourth-order valence-corrected chi connectivity index (χ4v) is 3.43. The Morgan fingerprint density at radius 1 is 1.35 bits per heavy atom. The summed E-state index contributed by atoms with van der Waals surface area (Å²) >= 11 is 3.61. The molecule has 0 bridgehead atoms. The molecule has 0 spiro atoms. The normalized spacial score (nSPS) is 17.7. The van der Waals surface area contributed by atoms with E-state index in [1.807, 2.05) is 6.92 Å². The number of hydrogen-bond acceptors (Lipinski definition) is 3. The van der Waals surface area contributed by atoms with Crippen molar-refractivity contribution in [2.24, 2.45) is 5.41 Å². The lowest BCUT2D eigenvalue weighted by Crippen LogP contribution is -2.32. The lowest BCUT2D eigenvalue weighted by Gasteiger charge is -2.35. The quantitative estimate of drug-likeness (QED) is 0.445. The van der Waals surface area contributed by atoms with Crippen LogP contribution in [-0.4, -0.2) is 16.9 Å². The zero-order chi connectivity index (χ0) is 14.6. The molecule has 1 aromatic rings. The van der Waals surface area contributed by atoms with E-state index in [4.69, 9.17) is 4.74 Å². The van der Waals surface area contributed by atoms with Gasteiger partial charge in [0.15, 0.2) is 0 Å². The Bertz CT molecular complexity index is 484. The number of aryl methyl sites for hydroxylation is 1. The summed E-state index contributed by atoms with van der Waals surface area (Å²) in [5.41, 5.74) is 1.20. The summed E-state index contributed by atoms with van der Waals surface area (Å²) in [7, 11) is 0. The van der Waals surface area contributed by atoms with Gasteiger partial charge in [0.2, 0.25) is 0 Å². The maximum atomic E-state index is 10.8. The summed E-state index contributed by atoms with van der Waals surface area (Å²) in [6, 6.07) is 4.79. The average Bonchev–Trinajstić information content (AvgIpc) is 2.47. The van der Waals surface area contributed by atoms with E-state index in [2.05, 4.69) is 15.9 Å². The van der Waals surface area contributed by atoms with Gasteiger partial charge in [0, 0.05) is 16.8 Å². The Labute approximate surface area is 127 Å². The Kier molecular flexibility index (Phi) is 5.02. The predicted octanol–water partition coefficient (Wildman–Crippen LogP) is 4.63. The van der Waals surface area contributed by atoms with Gasteiger partial charge >= 0.3 is 0 Å². The second-order valence-electron chi connectivity index (χ2n) is 5.69. The molecule has 0 N–H and O–H groups in total. The molecule has 0 atom stereocenters. The molecule has 0 radical (unpaired) electrons. The molecule has 1 fully saturated rings. The van der Waals surface area contributed by atoms with E-state index in [0.717, 1.165) is 23.7 Å². The third-order valence-electron chi connectivity index (χ3n) is 4.11. The van der Waals surface area contributed by atoms with Crippen molar-refractivity contribution in [3.05, 3.63) is 33.9 Å². The summed E-state index contributed by atoms with van der Waals surface area (Å²) in [6.07, 6.45) is 6.09. The molecule has 1 aliphatic rings. The SMILES string of the molecule is Cc1ccc([N+](=O)[O-])cc1OCC1(CBr)CCCCC1. The van der Waals surface area contributed by atoms with Gasteiger partial charge in [0.25, 0.3) is 5.69 Å². The lowest BCUT2D eigenvalue weighted by atomic mass is 9.76. The number of ether oxygens (including phenoxy) is 1. The molecular formula is C15H20BrNO3. The van der Waals surface area contributed by atoms with Gasteiger partial charge in [-0.2, -0.15) is 0 Å². The first kappa shape index (κ1) is 15.3. The van der Waals surface area contributed by atoms with Crippen LogP contribution in [-0.2, 0) is 0 Å². The highest BCUT2D eigenvalue weighted by atomic mass is 79.9. The van der Waals surface area contributed by atoms with Crippen LogP contribution in [0.1, 0.15) is 37.7 Å². The van der Waals surface area contributed by atoms with Crippen LogP contribution in [0, 0.1) is 22.5 Å². The number of nitro benzene ring substituents is 1. The van der Waals surface area contributed by atoms with Gasteiger partial charge in [0.05, 0.1) is 17.6 Å². The van der Waals surface area contributed by atoms with Gasteiger partial charge in [-0.05, 0) is 31.4 Å². The molecule has 1 saturated carbocycles. The van der Waals surface area contributed by atoms with E-state index >= 15 is 0 Å². The van der Waals surface area contributed by atoms with Gasteiger partial charge in [0.1, 0.15) is 5.75 Å². The van der Waals surface area contributed by atoms with Crippen LogP contribution in [0.2, 0.25) is 0 Å². The fraction of sp³-hybridized carbons (Fsp3) is 0.600. The molecule has 2 rings (SSSR count). The van der Waals surface area contributed by atoms with Gasteiger partial charge in [-0.25, -0.2) is 0 Å². The van der Waals surface area contributed by atoms with Gasteiger partial charge in [-0.3, -0.25) is 10.1 Å². The number of non-ortho nitro benzene ring substituents is 1. The molecule has 0 aliphatic heterocycles. The van der Waals surface area contributed by atoms with Crippen molar-refractivity contribution in [2.45, 2.75) is 39.0 Å². The van der Waals surface area contributed by atoms with Crippen molar-refractivity contribution in [3.8, 4) is 5.75 Å². The highest BCUT2D eigenvalue weighted by molar-refractivity contribution is 9.09. The van der Waals surface area contributed by atoms with Gasteiger partial charge in [-0.15, -0.1) is 0 Å².